The Bertz CT molecular complexity index is 154. The molecule has 0 radical (unpaired) electrons. The fourth-order valence-electron chi connectivity index (χ4n) is 1.00. The second kappa shape index (κ2) is 3.37. The van der Waals surface area contributed by atoms with E-state index in [1.165, 1.54) is 0 Å². The molecule has 1 fully saturated rings. The fraction of sp³-hybridized carbons (Fsp3) is 0.778. The van der Waals surface area contributed by atoms with Gasteiger partial charge in [-0.05, 0) is 19.4 Å². The van der Waals surface area contributed by atoms with Crippen LogP contribution in [0.1, 0.15) is 20.8 Å². The minimum absolute atomic E-state index is 0.179. The quantitative estimate of drug-likeness (QED) is 0.540. The lowest BCUT2D eigenvalue weighted by molar-refractivity contribution is -0.209. The zero-order chi connectivity index (χ0) is 8.43. The van der Waals surface area contributed by atoms with Crippen LogP contribution in [0.4, 0.5) is 0 Å². The zero-order valence-electron chi connectivity index (χ0n) is 7.46. The van der Waals surface area contributed by atoms with E-state index in [4.69, 9.17) is 9.47 Å². The van der Waals surface area contributed by atoms with E-state index in [0.29, 0.717) is 5.92 Å². The van der Waals surface area contributed by atoms with Gasteiger partial charge in [-0.1, -0.05) is 13.5 Å². The van der Waals surface area contributed by atoms with Crippen LogP contribution in [0.2, 0.25) is 0 Å². The third kappa shape index (κ3) is 2.04. The highest BCUT2D eigenvalue weighted by Crippen LogP contribution is 2.20. The first-order valence-electron chi connectivity index (χ1n) is 4.03. The Balaban J connectivity index is 2.46. The molecule has 0 aliphatic carbocycles. The highest BCUT2D eigenvalue weighted by Gasteiger charge is 2.25. The van der Waals surface area contributed by atoms with Gasteiger partial charge in [-0.3, -0.25) is 0 Å². The first kappa shape index (κ1) is 8.75. The third-order valence-electron chi connectivity index (χ3n) is 2.05. The van der Waals surface area contributed by atoms with Gasteiger partial charge in [0.25, 0.3) is 0 Å². The smallest absolute Gasteiger partial charge is 0.179 e. The summed E-state index contributed by atoms with van der Waals surface area (Å²) in [5.74, 6) is 0.491. The van der Waals surface area contributed by atoms with Crippen molar-refractivity contribution in [3.63, 3.8) is 0 Å². The molecule has 0 spiro atoms. The molecule has 0 bridgehead atoms. The van der Waals surface area contributed by atoms with Gasteiger partial charge < -0.3 is 9.47 Å². The summed E-state index contributed by atoms with van der Waals surface area (Å²) >= 11 is 0. The molecule has 2 nitrogen and oxygen atoms in total. The first-order valence-corrected chi connectivity index (χ1v) is 4.03. The van der Waals surface area contributed by atoms with Crippen molar-refractivity contribution in [3.05, 3.63) is 12.2 Å². The van der Waals surface area contributed by atoms with Gasteiger partial charge in [0.05, 0.1) is 12.7 Å². The maximum absolute atomic E-state index is 5.54. The van der Waals surface area contributed by atoms with Gasteiger partial charge in [-0.25, -0.2) is 0 Å². The number of hydrogen-bond acceptors (Lipinski definition) is 2. The maximum Gasteiger partial charge on any atom is 0.179 e. The Morgan fingerprint density at radius 2 is 2.09 bits per heavy atom. The summed E-state index contributed by atoms with van der Waals surface area (Å²) in [5, 5.41) is 0. The summed E-state index contributed by atoms with van der Waals surface area (Å²) in [6.45, 7) is 10.7. The third-order valence-corrected chi connectivity index (χ3v) is 2.05. The fourth-order valence-corrected chi connectivity index (χ4v) is 1.00. The minimum Gasteiger partial charge on any atom is -0.348 e. The van der Waals surface area contributed by atoms with E-state index in [1.807, 2.05) is 6.92 Å². The molecule has 0 amide bonds. The van der Waals surface area contributed by atoms with Gasteiger partial charge in [0, 0.05) is 5.92 Å². The van der Waals surface area contributed by atoms with E-state index in [0.717, 1.165) is 12.2 Å². The average molecular weight is 156 g/mol. The van der Waals surface area contributed by atoms with Crippen LogP contribution in [-0.2, 0) is 9.47 Å². The van der Waals surface area contributed by atoms with Crippen molar-refractivity contribution < 1.29 is 9.47 Å². The summed E-state index contributed by atoms with van der Waals surface area (Å²) in [5.41, 5.74) is 0.948. The molecule has 1 aliphatic heterocycles. The van der Waals surface area contributed by atoms with Gasteiger partial charge in [0.15, 0.2) is 6.29 Å². The molecule has 1 aliphatic rings. The van der Waals surface area contributed by atoms with Crippen LogP contribution in [0.25, 0.3) is 0 Å². The molecular formula is C9H16O2. The highest BCUT2D eigenvalue weighted by atomic mass is 16.7. The van der Waals surface area contributed by atoms with Gasteiger partial charge in [0.2, 0.25) is 0 Å². The lowest BCUT2D eigenvalue weighted by Gasteiger charge is -2.33. The lowest BCUT2D eigenvalue weighted by atomic mass is 10.1. The van der Waals surface area contributed by atoms with Crippen LogP contribution in [0.5, 0.6) is 0 Å². The molecule has 3 unspecified atom stereocenters. The Morgan fingerprint density at radius 3 is 2.55 bits per heavy atom. The van der Waals surface area contributed by atoms with Crippen molar-refractivity contribution in [2.24, 2.45) is 5.92 Å². The highest BCUT2D eigenvalue weighted by molar-refractivity contribution is 4.94. The van der Waals surface area contributed by atoms with Crippen LogP contribution >= 0.6 is 0 Å². The molecule has 0 aromatic carbocycles. The maximum atomic E-state index is 5.54. The Labute approximate surface area is 68.2 Å². The topological polar surface area (TPSA) is 18.5 Å². The van der Waals surface area contributed by atoms with E-state index in [9.17, 15) is 0 Å². The molecule has 1 heterocycles. The zero-order valence-corrected chi connectivity index (χ0v) is 7.46. The van der Waals surface area contributed by atoms with Crippen molar-refractivity contribution in [1.82, 2.24) is 0 Å². The SMILES string of the molecule is C=C(C)C1OCC(C)C(C)O1. The molecule has 11 heavy (non-hydrogen) atoms. The monoisotopic (exact) mass is 156 g/mol. The van der Waals surface area contributed by atoms with Gasteiger partial charge in [-0.15, -0.1) is 0 Å². The minimum atomic E-state index is -0.179. The normalized spacial score (nSPS) is 38.6. The van der Waals surface area contributed by atoms with E-state index < -0.39 is 0 Å². The molecular weight excluding hydrogens is 140 g/mol. The summed E-state index contributed by atoms with van der Waals surface area (Å²) in [6, 6.07) is 0. The summed E-state index contributed by atoms with van der Waals surface area (Å²) in [7, 11) is 0. The van der Waals surface area contributed by atoms with E-state index in [-0.39, 0.29) is 12.4 Å². The molecule has 0 aromatic rings. The molecule has 0 N–H and O–H groups in total. The predicted molar refractivity (Wildman–Crippen MR) is 44.3 cm³/mol. The molecule has 2 heteroatoms. The first-order chi connectivity index (χ1) is 5.11. The lowest BCUT2D eigenvalue weighted by Crippen LogP contribution is -2.37. The Kier molecular flexibility index (Phi) is 2.68. The number of rotatable bonds is 1. The molecule has 0 saturated carbocycles. The Morgan fingerprint density at radius 1 is 1.45 bits per heavy atom. The van der Waals surface area contributed by atoms with E-state index in [2.05, 4.69) is 20.4 Å². The number of hydrogen-bond donors (Lipinski definition) is 0. The van der Waals surface area contributed by atoms with Crippen LogP contribution in [0.3, 0.4) is 0 Å². The second-order valence-electron chi connectivity index (χ2n) is 3.33. The van der Waals surface area contributed by atoms with Crippen molar-refractivity contribution in [2.45, 2.75) is 33.2 Å². The van der Waals surface area contributed by atoms with Gasteiger partial charge in [-0.2, -0.15) is 0 Å². The molecule has 3 atom stereocenters. The summed E-state index contributed by atoms with van der Waals surface area (Å²) in [6.07, 6.45) is 0.103. The van der Waals surface area contributed by atoms with Crippen LogP contribution in [0.15, 0.2) is 12.2 Å². The van der Waals surface area contributed by atoms with Gasteiger partial charge in [0.1, 0.15) is 0 Å². The van der Waals surface area contributed by atoms with E-state index >= 15 is 0 Å². The summed E-state index contributed by atoms with van der Waals surface area (Å²) in [4.78, 5) is 0. The molecule has 1 saturated heterocycles. The van der Waals surface area contributed by atoms with Crippen LogP contribution in [0, 0.1) is 5.92 Å². The summed E-state index contributed by atoms with van der Waals surface area (Å²) < 4.78 is 10.9. The van der Waals surface area contributed by atoms with Crippen molar-refractivity contribution in [1.29, 1.82) is 0 Å². The number of ether oxygens (including phenoxy) is 2. The van der Waals surface area contributed by atoms with Gasteiger partial charge >= 0.3 is 0 Å². The average Bonchev–Trinajstić information content (AvgIpc) is 1.94. The van der Waals surface area contributed by atoms with Crippen molar-refractivity contribution >= 4 is 0 Å². The molecule has 1 rings (SSSR count). The molecule has 0 aromatic heterocycles. The van der Waals surface area contributed by atoms with Crippen molar-refractivity contribution in [2.75, 3.05) is 6.61 Å². The Hall–Kier alpha value is -0.340. The standard InChI is InChI=1S/C9H16O2/c1-6(2)9-10-5-7(3)8(4)11-9/h7-9H,1,5H2,2-4H3. The largest absolute Gasteiger partial charge is 0.348 e. The second-order valence-corrected chi connectivity index (χ2v) is 3.33. The molecule has 64 valence electrons. The van der Waals surface area contributed by atoms with Crippen molar-refractivity contribution in [3.8, 4) is 0 Å². The van der Waals surface area contributed by atoms with Crippen LogP contribution in [-0.4, -0.2) is 19.0 Å². The van der Waals surface area contributed by atoms with E-state index in [1.54, 1.807) is 0 Å². The predicted octanol–water partition coefficient (Wildman–Crippen LogP) is 1.96. The van der Waals surface area contributed by atoms with Crippen LogP contribution < -0.4 is 0 Å².